The number of piperidine rings is 1. The first-order chi connectivity index (χ1) is 7.90. The Morgan fingerprint density at radius 3 is 2.65 bits per heavy atom. The van der Waals surface area contributed by atoms with E-state index >= 15 is 0 Å². The monoisotopic (exact) mass is 252 g/mol. The number of amides is 1. The van der Waals surface area contributed by atoms with E-state index in [1.807, 2.05) is 6.92 Å². The summed E-state index contributed by atoms with van der Waals surface area (Å²) >= 11 is 0. The molecule has 0 radical (unpaired) electrons. The van der Waals surface area contributed by atoms with Crippen LogP contribution in [0.4, 0.5) is 13.2 Å². The zero-order chi connectivity index (χ0) is 13.1. The Bertz CT molecular complexity index is 264. The molecule has 1 aliphatic rings. The van der Waals surface area contributed by atoms with Gasteiger partial charge in [-0.3, -0.25) is 4.79 Å². The van der Waals surface area contributed by atoms with Crippen molar-refractivity contribution in [3.8, 4) is 0 Å². The van der Waals surface area contributed by atoms with Crippen molar-refractivity contribution in [2.75, 3.05) is 19.6 Å². The molecule has 2 atom stereocenters. The number of likely N-dealkylation sites (tertiary alicyclic amines) is 1. The van der Waals surface area contributed by atoms with Gasteiger partial charge in [0.05, 0.1) is 11.8 Å². The number of carbonyl (C=O) groups excluding carboxylic acids is 1. The highest BCUT2D eigenvalue weighted by Gasteiger charge is 2.43. The molecule has 0 saturated carbocycles. The summed E-state index contributed by atoms with van der Waals surface area (Å²) in [5, 5.41) is 0. The summed E-state index contributed by atoms with van der Waals surface area (Å²) in [4.78, 5) is 13.2. The standard InChI is InChI=1S/C11H19F3N2O/c1-2-8(6-15)10(17)16-5-3-4-9(7-16)11(12,13)14/h8-9H,2-7,15H2,1H3. The number of hydrogen-bond donors (Lipinski definition) is 1. The molecule has 1 aliphatic heterocycles. The molecule has 3 nitrogen and oxygen atoms in total. The first-order valence-corrected chi connectivity index (χ1v) is 5.95. The Kier molecular flexibility index (Phi) is 4.80. The normalized spacial score (nSPS) is 23.6. The lowest BCUT2D eigenvalue weighted by Crippen LogP contribution is -2.47. The van der Waals surface area contributed by atoms with Crippen LogP contribution in [0.2, 0.25) is 0 Å². The number of hydrogen-bond acceptors (Lipinski definition) is 2. The minimum absolute atomic E-state index is 0.118. The van der Waals surface area contributed by atoms with Crippen molar-refractivity contribution in [1.29, 1.82) is 0 Å². The van der Waals surface area contributed by atoms with Gasteiger partial charge in [-0.25, -0.2) is 0 Å². The molecule has 1 rings (SSSR count). The predicted molar refractivity (Wildman–Crippen MR) is 58.2 cm³/mol. The van der Waals surface area contributed by atoms with Gasteiger partial charge in [-0.1, -0.05) is 6.92 Å². The molecule has 1 saturated heterocycles. The Balaban J connectivity index is 2.63. The Hall–Kier alpha value is -0.780. The molecule has 100 valence electrons. The molecule has 17 heavy (non-hydrogen) atoms. The van der Waals surface area contributed by atoms with E-state index in [1.165, 1.54) is 4.90 Å². The average molecular weight is 252 g/mol. The van der Waals surface area contributed by atoms with Crippen molar-refractivity contribution in [2.45, 2.75) is 32.4 Å². The second-order valence-corrected chi connectivity index (χ2v) is 4.51. The zero-order valence-electron chi connectivity index (χ0n) is 9.96. The van der Waals surface area contributed by atoms with Crippen molar-refractivity contribution < 1.29 is 18.0 Å². The largest absolute Gasteiger partial charge is 0.393 e. The quantitative estimate of drug-likeness (QED) is 0.832. The lowest BCUT2D eigenvalue weighted by Gasteiger charge is -2.35. The van der Waals surface area contributed by atoms with Crippen molar-refractivity contribution in [1.82, 2.24) is 4.90 Å². The van der Waals surface area contributed by atoms with Gasteiger partial charge in [-0.2, -0.15) is 13.2 Å². The van der Waals surface area contributed by atoms with E-state index in [1.54, 1.807) is 0 Å². The van der Waals surface area contributed by atoms with Gasteiger partial charge in [0, 0.05) is 19.6 Å². The van der Waals surface area contributed by atoms with Crippen LogP contribution in [0, 0.1) is 11.8 Å². The number of carbonyl (C=O) groups is 1. The minimum atomic E-state index is -4.20. The van der Waals surface area contributed by atoms with E-state index in [4.69, 9.17) is 5.73 Å². The summed E-state index contributed by atoms with van der Waals surface area (Å²) in [6, 6.07) is 0. The molecular weight excluding hydrogens is 233 g/mol. The Labute approximate surface area is 99.1 Å². The number of nitrogens with two attached hydrogens (primary N) is 1. The van der Waals surface area contributed by atoms with E-state index in [0.29, 0.717) is 19.4 Å². The summed E-state index contributed by atoms with van der Waals surface area (Å²) in [6.07, 6.45) is -3.10. The third-order valence-corrected chi connectivity index (χ3v) is 3.32. The van der Waals surface area contributed by atoms with Crippen molar-refractivity contribution in [3.05, 3.63) is 0 Å². The number of rotatable bonds is 3. The topological polar surface area (TPSA) is 46.3 Å². The van der Waals surface area contributed by atoms with Gasteiger partial charge in [-0.05, 0) is 19.3 Å². The summed E-state index contributed by atoms with van der Waals surface area (Å²) in [5.74, 6) is -1.96. The van der Waals surface area contributed by atoms with E-state index in [9.17, 15) is 18.0 Å². The van der Waals surface area contributed by atoms with Gasteiger partial charge < -0.3 is 10.6 Å². The van der Waals surface area contributed by atoms with Gasteiger partial charge >= 0.3 is 6.18 Å². The average Bonchev–Trinajstić information content (AvgIpc) is 2.29. The van der Waals surface area contributed by atoms with E-state index < -0.39 is 12.1 Å². The summed E-state index contributed by atoms with van der Waals surface area (Å²) < 4.78 is 37.7. The second-order valence-electron chi connectivity index (χ2n) is 4.51. The maximum absolute atomic E-state index is 12.6. The van der Waals surface area contributed by atoms with E-state index in [-0.39, 0.29) is 31.3 Å². The molecular formula is C11H19F3N2O. The highest BCUT2D eigenvalue weighted by molar-refractivity contribution is 5.79. The number of alkyl halides is 3. The summed E-state index contributed by atoms with van der Waals surface area (Å²) in [6.45, 7) is 2.23. The van der Waals surface area contributed by atoms with Gasteiger partial charge in [0.15, 0.2) is 0 Å². The molecule has 1 heterocycles. The molecule has 1 fully saturated rings. The van der Waals surface area contributed by atoms with Gasteiger partial charge in [-0.15, -0.1) is 0 Å². The lowest BCUT2D eigenvalue weighted by molar-refractivity contribution is -0.188. The van der Waals surface area contributed by atoms with Crippen LogP contribution in [0.3, 0.4) is 0 Å². The van der Waals surface area contributed by atoms with Crippen LogP contribution in [0.15, 0.2) is 0 Å². The maximum Gasteiger partial charge on any atom is 0.393 e. The fourth-order valence-electron chi connectivity index (χ4n) is 2.14. The molecule has 0 bridgehead atoms. The molecule has 0 aromatic heterocycles. The zero-order valence-corrected chi connectivity index (χ0v) is 9.96. The first kappa shape index (κ1) is 14.3. The van der Waals surface area contributed by atoms with Gasteiger partial charge in [0.1, 0.15) is 0 Å². The Morgan fingerprint density at radius 2 is 2.18 bits per heavy atom. The fraction of sp³-hybridized carbons (Fsp3) is 0.909. The van der Waals surface area contributed by atoms with Gasteiger partial charge in [0.25, 0.3) is 0 Å². The molecule has 0 aromatic rings. The molecule has 6 heteroatoms. The molecule has 0 spiro atoms. The smallest absolute Gasteiger partial charge is 0.342 e. The van der Waals surface area contributed by atoms with Crippen molar-refractivity contribution >= 4 is 5.91 Å². The van der Waals surface area contributed by atoms with Crippen LogP contribution >= 0.6 is 0 Å². The SMILES string of the molecule is CCC(CN)C(=O)N1CCCC(C(F)(F)F)C1. The van der Waals surface area contributed by atoms with E-state index in [0.717, 1.165) is 0 Å². The van der Waals surface area contributed by atoms with Gasteiger partial charge in [0.2, 0.25) is 5.91 Å². The maximum atomic E-state index is 12.6. The van der Waals surface area contributed by atoms with Crippen LogP contribution in [-0.2, 0) is 4.79 Å². The first-order valence-electron chi connectivity index (χ1n) is 5.95. The molecule has 1 amide bonds. The van der Waals surface area contributed by atoms with Crippen LogP contribution in [0.1, 0.15) is 26.2 Å². The summed E-state index contributed by atoms with van der Waals surface area (Å²) in [7, 11) is 0. The van der Waals surface area contributed by atoms with Crippen molar-refractivity contribution in [3.63, 3.8) is 0 Å². The molecule has 0 aliphatic carbocycles. The number of nitrogens with zero attached hydrogens (tertiary/aromatic N) is 1. The van der Waals surface area contributed by atoms with Crippen LogP contribution in [-0.4, -0.2) is 36.6 Å². The predicted octanol–water partition coefficient (Wildman–Crippen LogP) is 1.77. The molecule has 2 N–H and O–H groups in total. The summed E-state index contributed by atoms with van der Waals surface area (Å²) in [5.41, 5.74) is 5.44. The van der Waals surface area contributed by atoms with Crippen LogP contribution in [0.5, 0.6) is 0 Å². The van der Waals surface area contributed by atoms with Crippen LogP contribution in [0.25, 0.3) is 0 Å². The highest BCUT2D eigenvalue weighted by Crippen LogP contribution is 2.33. The highest BCUT2D eigenvalue weighted by atomic mass is 19.4. The van der Waals surface area contributed by atoms with E-state index in [2.05, 4.69) is 0 Å². The Morgan fingerprint density at radius 1 is 1.53 bits per heavy atom. The fourth-order valence-corrected chi connectivity index (χ4v) is 2.14. The lowest BCUT2D eigenvalue weighted by atomic mass is 9.95. The third-order valence-electron chi connectivity index (χ3n) is 3.32. The molecule has 0 aromatic carbocycles. The third kappa shape index (κ3) is 3.59. The molecule has 2 unspecified atom stereocenters. The van der Waals surface area contributed by atoms with Crippen LogP contribution < -0.4 is 5.73 Å². The number of halogens is 3. The van der Waals surface area contributed by atoms with Crippen molar-refractivity contribution in [2.24, 2.45) is 17.6 Å². The second kappa shape index (κ2) is 5.71. The minimum Gasteiger partial charge on any atom is -0.342 e.